The van der Waals surface area contributed by atoms with E-state index in [1.807, 2.05) is 41.4 Å². The van der Waals surface area contributed by atoms with E-state index in [4.69, 9.17) is 10.6 Å². The molecule has 258 valence electrons. The summed E-state index contributed by atoms with van der Waals surface area (Å²) in [6.07, 6.45) is 9.48. The van der Waals surface area contributed by atoms with E-state index in [-0.39, 0.29) is 28.8 Å². The number of carbonyl (C=O) groups is 3. The summed E-state index contributed by atoms with van der Waals surface area (Å²) in [5, 5.41) is 26.8. The van der Waals surface area contributed by atoms with Gasteiger partial charge >= 0.3 is 0 Å². The number of aromatic nitrogens is 3. The molecule has 2 saturated heterocycles. The Balaban J connectivity index is 1.05. The van der Waals surface area contributed by atoms with Crippen LogP contribution in [0.2, 0.25) is 0 Å². The summed E-state index contributed by atoms with van der Waals surface area (Å²) in [4.78, 5) is 49.0. The zero-order valence-corrected chi connectivity index (χ0v) is 28.9. The van der Waals surface area contributed by atoms with Crippen LogP contribution in [-0.4, -0.2) is 86.5 Å². The Hall–Kier alpha value is -5.22. The summed E-state index contributed by atoms with van der Waals surface area (Å²) < 4.78 is 4.12. The van der Waals surface area contributed by atoms with Gasteiger partial charge in [0.1, 0.15) is 29.7 Å². The molecule has 3 aliphatic heterocycles. The van der Waals surface area contributed by atoms with E-state index in [0.29, 0.717) is 17.9 Å². The maximum absolute atomic E-state index is 13.3. The second-order valence-corrected chi connectivity index (χ2v) is 14.1. The molecule has 2 amide bonds. The summed E-state index contributed by atoms with van der Waals surface area (Å²) in [6, 6.07) is 13.3. The van der Waals surface area contributed by atoms with Crippen molar-refractivity contribution in [1.82, 2.24) is 24.8 Å². The van der Waals surface area contributed by atoms with Crippen LogP contribution >= 0.6 is 23.1 Å². The van der Waals surface area contributed by atoms with Gasteiger partial charge in [0.25, 0.3) is 11.8 Å². The summed E-state index contributed by atoms with van der Waals surface area (Å²) in [5.41, 5.74) is 10.2. The van der Waals surface area contributed by atoms with Gasteiger partial charge in [-0.05, 0) is 36.5 Å². The first-order valence-electron chi connectivity index (χ1n) is 16.2. The van der Waals surface area contributed by atoms with Gasteiger partial charge in [0, 0.05) is 54.7 Å². The Morgan fingerprint density at radius 3 is 2.70 bits per heavy atom. The normalized spacial score (nSPS) is 19.5. The highest BCUT2D eigenvalue weighted by Gasteiger charge is 2.53. The standard InChI is InChI=1S/C34H35N9O5S2/c1-48-39-27(24-20-50-34(35)37-24)30(44)38-28-31(45)43-29(33(46)47)23(19-49-32(28)43)18-40-12-5-6-25-26(40)11-15-41(25)17-22-9-7-21(8-10-22)16-36-42-13-3-2-4-14-42/h5-12,15-16,20,28,32H,2-4,13-14,17-19H2,1H3,(H3-,35,37,38,44,46,47)/b36-16?,39-27-/t28-,32-/m1/s1. The second-order valence-electron chi connectivity index (χ2n) is 12.1. The number of hydrogen-bond acceptors (Lipinski definition) is 12. The van der Waals surface area contributed by atoms with Crippen molar-refractivity contribution in [2.45, 2.75) is 43.8 Å². The van der Waals surface area contributed by atoms with Crippen LogP contribution < -0.4 is 20.7 Å². The minimum Gasteiger partial charge on any atom is -0.543 e. The third-order valence-corrected chi connectivity index (χ3v) is 10.9. The molecular formula is C34H35N9O5S2. The number of piperidine rings is 1. The number of nitrogens with one attached hydrogen (secondary N) is 1. The quantitative estimate of drug-likeness (QED) is 0.101. The smallest absolute Gasteiger partial charge is 0.276 e. The second kappa shape index (κ2) is 14.3. The minimum atomic E-state index is -1.45. The van der Waals surface area contributed by atoms with Gasteiger partial charge in [-0.25, -0.2) is 4.98 Å². The SMILES string of the molecule is CO/N=C(\C(=O)N[C@@H]1C(=O)N2C(C(=O)[O-])=C(C[n+]3cccc4c3ccn4Cc3ccc(C=NN4CCCCC4)cc3)CS[C@H]12)c1csc(N)n1. The Morgan fingerprint density at radius 2 is 1.98 bits per heavy atom. The highest BCUT2D eigenvalue weighted by molar-refractivity contribution is 8.00. The molecular weight excluding hydrogens is 679 g/mol. The van der Waals surface area contributed by atoms with Crippen molar-refractivity contribution in [3.8, 4) is 0 Å². The number of nitrogen functional groups attached to an aromatic ring is 1. The number of amides is 2. The molecule has 0 bridgehead atoms. The molecule has 0 aliphatic carbocycles. The van der Waals surface area contributed by atoms with Gasteiger partial charge in [0.2, 0.25) is 5.52 Å². The van der Waals surface area contributed by atoms with Crippen LogP contribution in [0.5, 0.6) is 0 Å². The number of hydrazone groups is 1. The fourth-order valence-electron chi connectivity index (χ4n) is 6.44. The maximum atomic E-state index is 13.3. The molecule has 0 saturated carbocycles. The van der Waals surface area contributed by atoms with E-state index in [2.05, 4.69) is 54.4 Å². The number of benzene rings is 1. The number of oxime groups is 1. The largest absolute Gasteiger partial charge is 0.543 e. The van der Waals surface area contributed by atoms with Crippen molar-refractivity contribution in [3.63, 3.8) is 0 Å². The van der Waals surface area contributed by atoms with Gasteiger partial charge in [-0.1, -0.05) is 29.4 Å². The predicted molar refractivity (Wildman–Crippen MR) is 188 cm³/mol. The monoisotopic (exact) mass is 713 g/mol. The lowest BCUT2D eigenvalue weighted by molar-refractivity contribution is -0.663. The van der Waals surface area contributed by atoms with Crippen LogP contribution in [-0.2, 0) is 32.3 Å². The fraction of sp³-hybridized carbons (Fsp3) is 0.324. The fourth-order valence-corrected chi connectivity index (χ4v) is 8.32. The number of anilines is 1. The lowest BCUT2D eigenvalue weighted by Crippen LogP contribution is -2.71. The Morgan fingerprint density at radius 1 is 1.18 bits per heavy atom. The molecule has 2 fully saturated rings. The Labute approximate surface area is 295 Å². The van der Waals surface area contributed by atoms with Crippen molar-refractivity contribution in [3.05, 3.63) is 88.3 Å². The molecule has 0 spiro atoms. The number of aliphatic carboxylic acids is 1. The number of thiazole rings is 1. The molecule has 14 nitrogen and oxygen atoms in total. The van der Waals surface area contributed by atoms with Crippen molar-refractivity contribution in [2.24, 2.45) is 10.3 Å². The number of hydrogen-bond donors (Lipinski definition) is 2. The molecule has 3 aromatic heterocycles. The average Bonchev–Trinajstić information content (AvgIpc) is 3.75. The van der Waals surface area contributed by atoms with Crippen LogP contribution in [0.3, 0.4) is 0 Å². The van der Waals surface area contributed by atoms with Gasteiger partial charge in [-0.15, -0.1) is 23.1 Å². The van der Waals surface area contributed by atoms with Gasteiger partial charge < -0.3 is 30.4 Å². The van der Waals surface area contributed by atoms with Crippen molar-refractivity contribution < 1.29 is 28.9 Å². The van der Waals surface area contributed by atoms with Crippen molar-refractivity contribution in [1.29, 1.82) is 0 Å². The molecule has 1 aromatic carbocycles. The highest BCUT2D eigenvalue weighted by Crippen LogP contribution is 2.40. The third kappa shape index (κ3) is 6.67. The molecule has 6 heterocycles. The van der Waals surface area contributed by atoms with Crippen LogP contribution in [0.1, 0.15) is 36.1 Å². The third-order valence-electron chi connectivity index (χ3n) is 8.90. The molecule has 0 radical (unpaired) electrons. The van der Waals surface area contributed by atoms with Gasteiger partial charge in [0.15, 0.2) is 23.6 Å². The average molecular weight is 714 g/mol. The summed E-state index contributed by atoms with van der Waals surface area (Å²) in [7, 11) is 1.29. The van der Waals surface area contributed by atoms with Crippen molar-refractivity contribution >= 4 is 69.0 Å². The first-order valence-corrected chi connectivity index (χ1v) is 18.1. The van der Waals surface area contributed by atoms with E-state index in [1.165, 1.54) is 43.0 Å². The van der Waals surface area contributed by atoms with E-state index in [0.717, 1.165) is 46.6 Å². The molecule has 0 unspecified atom stereocenters. The van der Waals surface area contributed by atoms with Crippen molar-refractivity contribution in [2.75, 3.05) is 31.7 Å². The zero-order chi connectivity index (χ0) is 34.8. The number of thioether (sulfide) groups is 1. The van der Waals surface area contributed by atoms with Crippen LogP contribution in [0.25, 0.3) is 11.0 Å². The number of fused-ring (bicyclic) bond motifs is 2. The maximum Gasteiger partial charge on any atom is 0.276 e. The summed E-state index contributed by atoms with van der Waals surface area (Å²) >= 11 is 2.50. The van der Waals surface area contributed by atoms with Crippen LogP contribution in [0.4, 0.5) is 5.13 Å². The number of β-lactam (4-membered cyclic amide) rings is 1. The van der Waals surface area contributed by atoms with Crippen LogP contribution in [0.15, 0.2) is 81.8 Å². The molecule has 2 atom stereocenters. The predicted octanol–water partition coefficient (Wildman–Crippen LogP) is 1.29. The Bertz CT molecular complexity index is 2030. The number of pyridine rings is 1. The topological polar surface area (TPSA) is 174 Å². The minimum absolute atomic E-state index is 0.144. The number of nitrogens with zero attached hydrogens (tertiary/aromatic N) is 7. The number of rotatable bonds is 11. The van der Waals surface area contributed by atoms with Crippen LogP contribution in [0, 0.1) is 0 Å². The lowest BCUT2D eigenvalue weighted by Gasteiger charge is -2.50. The first-order chi connectivity index (χ1) is 24.3. The van der Waals surface area contributed by atoms with E-state index < -0.39 is 29.2 Å². The summed E-state index contributed by atoms with van der Waals surface area (Å²) in [6.45, 7) is 2.92. The molecule has 7 rings (SSSR count). The molecule has 16 heteroatoms. The zero-order valence-electron chi connectivity index (χ0n) is 27.2. The molecule has 3 aliphatic rings. The number of carbonyl (C=O) groups excluding carboxylic acids is 3. The molecule has 50 heavy (non-hydrogen) atoms. The number of carboxylic acid groups (broad SMARTS) is 1. The van der Waals surface area contributed by atoms with Gasteiger partial charge in [0.05, 0.1) is 17.9 Å². The van der Waals surface area contributed by atoms with E-state index in [9.17, 15) is 19.5 Å². The number of carboxylic acids is 1. The first kappa shape index (κ1) is 33.3. The van der Waals surface area contributed by atoms with E-state index >= 15 is 0 Å². The van der Waals surface area contributed by atoms with E-state index in [1.54, 1.807) is 5.38 Å². The number of nitrogens with two attached hydrogens (primary N) is 1. The lowest BCUT2D eigenvalue weighted by atomic mass is 10.0. The molecule has 4 aromatic rings. The summed E-state index contributed by atoms with van der Waals surface area (Å²) in [5.74, 6) is -2.37. The highest BCUT2D eigenvalue weighted by atomic mass is 32.2. The Kier molecular flexibility index (Phi) is 9.54. The van der Waals surface area contributed by atoms with Gasteiger partial charge in [-0.3, -0.25) is 19.5 Å². The van der Waals surface area contributed by atoms with Gasteiger partial charge in [-0.2, -0.15) is 9.67 Å². The molecule has 3 N–H and O–H groups in total.